The third-order valence-electron chi connectivity index (χ3n) is 3.25. The van der Waals surface area contributed by atoms with Crippen LogP contribution in [0.5, 0.6) is 0 Å². The number of carbonyl (C=O) groups excluding carboxylic acids is 1. The minimum atomic E-state index is -0.122. The lowest BCUT2D eigenvalue weighted by Crippen LogP contribution is -2.11. The van der Waals surface area contributed by atoms with Crippen molar-refractivity contribution in [2.24, 2.45) is 0 Å². The molecule has 1 aromatic heterocycles. The van der Waals surface area contributed by atoms with Gasteiger partial charge in [-0.05, 0) is 48.4 Å². The van der Waals surface area contributed by atoms with Crippen LogP contribution in [0.15, 0.2) is 52.3 Å². The van der Waals surface area contributed by atoms with Crippen molar-refractivity contribution in [3.8, 4) is 0 Å². The number of carbonyl (C=O) groups is 1. The summed E-state index contributed by atoms with van der Waals surface area (Å²) in [5, 5.41) is 3.54. The molecule has 3 aromatic rings. The zero-order valence-electron chi connectivity index (χ0n) is 12.8. The lowest BCUT2D eigenvalue weighted by Gasteiger charge is -2.03. The molecule has 0 saturated carbocycles. The van der Waals surface area contributed by atoms with Crippen molar-refractivity contribution in [3.63, 3.8) is 0 Å². The van der Waals surface area contributed by atoms with Crippen molar-refractivity contribution in [1.29, 1.82) is 0 Å². The molecule has 1 amide bonds. The molecule has 0 bridgehead atoms. The Balaban J connectivity index is 1.79. The molecule has 118 valence electrons. The fourth-order valence-electron chi connectivity index (χ4n) is 2.18. The van der Waals surface area contributed by atoms with E-state index in [9.17, 15) is 4.79 Å². The smallest absolute Gasteiger partial charge is 0.257 e. The van der Waals surface area contributed by atoms with Crippen LogP contribution in [0.25, 0.3) is 10.2 Å². The van der Waals surface area contributed by atoms with Crippen LogP contribution in [-0.2, 0) is 0 Å². The topological polar surface area (TPSA) is 42.0 Å². The first-order valence-corrected chi connectivity index (χ1v) is 10.2. The van der Waals surface area contributed by atoms with E-state index in [0.29, 0.717) is 10.7 Å². The second kappa shape index (κ2) is 7.38. The predicted octanol–water partition coefficient (Wildman–Crippen LogP) is 5.38. The van der Waals surface area contributed by atoms with Gasteiger partial charge in [-0.1, -0.05) is 24.3 Å². The summed E-state index contributed by atoms with van der Waals surface area (Å²) in [5.41, 5.74) is 1.60. The van der Waals surface area contributed by atoms with Gasteiger partial charge >= 0.3 is 0 Å². The quantitative estimate of drug-likeness (QED) is 0.620. The fraction of sp³-hybridized carbons (Fsp3) is 0.176. The summed E-state index contributed by atoms with van der Waals surface area (Å²) < 4.78 is 1.09. The van der Waals surface area contributed by atoms with Gasteiger partial charge < -0.3 is 0 Å². The maximum absolute atomic E-state index is 12.4. The number of para-hydroxylation sites is 1. The Kier molecular flexibility index (Phi) is 5.25. The summed E-state index contributed by atoms with van der Waals surface area (Å²) in [7, 11) is 0. The standard InChI is InChI=1S/C17H16N2OS3/c1-3-22-12-9-7-11(8-10-12)16(20)19-17-18-15-13(21-2)5-4-6-14(15)23-17/h4-10H,3H2,1-2H3,(H,18,19,20). The van der Waals surface area contributed by atoms with Gasteiger partial charge in [0, 0.05) is 15.4 Å². The van der Waals surface area contributed by atoms with Gasteiger partial charge in [-0.3, -0.25) is 10.1 Å². The maximum Gasteiger partial charge on any atom is 0.257 e. The Hall–Kier alpha value is -1.50. The van der Waals surface area contributed by atoms with E-state index < -0.39 is 0 Å². The molecule has 3 nitrogen and oxygen atoms in total. The molecule has 0 saturated heterocycles. The molecule has 2 aromatic carbocycles. The number of rotatable bonds is 5. The van der Waals surface area contributed by atoms with E-state index in [-0.39, 0.29) is 5.91 Å². The van der Waals surface area contributed by atoms with E-state index in [0.717, 1.165) is 20.9 Å². The number of benzene rings is 2. The second-order valence-electron chi connectivity index (χ2n) is 4.74. The van der Waals surface area contributed by atoms with Crippen LogP contribution in [0.3, 0.4) is 0 Å². The molecular formula is C17H16N2OS3. The number of aromatic nitrogens is 1. The summed E-state index contributed by atoms with van der Waals surface area (Å²) >= 11 is 4.93. The number of hydrogen-bond donors (Lipinski definition) is 1. The van der Waals surface area contributed by atoms with Crippen LogP contribution < -0.4 is 5.32 Å². The zero-order valence-corrected chi connectivity index (χ0v) is 15.3. The largest absolute Gasteiger partial charge is 0.298 e. The van der Waals surface area contributed by atoms with E-state index in [1.54, 1.807) is 23.5 Å². The molecule has 0 aliphatic heterocycles. The zero-order chi connectivity index (χ0) is 16.2. The minimum Gasteiger partial charge on any atom is -0.298 e. The van der Waals surface area contributed by atoms with Crippen LogP contribution in [-0.4, -0.2) is 22.9 Å². The molecule has 0 spiro atoms. The molecular weight excluding hydrogens is 344 g/mol. The second-order valence-corrected chi connectivity index (χ2v) is 7.95. The Bertz CT molecular complexity index is 827. The number of anilines is 1. The third kappa shape index (κ3) is 3.71. The third-order valence-corrected chi connectivity index (χ3v) is 5.85. The van der Waals surface area contributed by atoms with Gasteiger partial charge in [-0.2, -0.15) is 0 Å². The van der Waals surface area contributed by atoms with Gasteiger partial charge in [0.2, 0.25) is 0 Å². The number of hydrogen-bond acceptors (Lipinski definition) is 5. The normalized spacial score (nSPS) is 10.9. The maximum atomic E-state index is 12.4. The average Bonchev–Trinajstić information content (AvgIpc) is 2.98. The fourth-order valence-corrected chi connectivity index (χ4v) is 4.36. The van der Waals surface area contributed by atoms with Crippen molar-refractivity contribution in [2.75, 3.05) is 17.3 Å². The first-order chi connectivity index (χ1) is 11.2. The van der Waals surface area contributed by atoms with Crippen molar-refractivity contribution in [3.05, 3.63) is 48.0 Å². The molecule has 0 unspecified atom stereocenters. The van der Waals surface area contributed by atoms with Crippen LogP contribution in [0.4, 0.5) is 5.13 Å². The SMILES string of the molecule is CCSc1ccc(C(=O)Nc2nc3c(SC)cccc3s2)cc1. The number of fused-ring (bicyclic) bond motifs is 1. The molecule has 0 radical (unpaired) electrons. The lowest BCUT2D eigenvalue weighted by atomic mass is 10.2. The molecule has 23 heavy (non-hydrogen) atoms. The summed E-state index contributed by atoms with van der Waals surface area (Å²) in [4.78, 5) is 19.2. The van der Waals surface area contributed by atoms with Crippen LogP contribution in [0.2, 0.25) is 0 Å². The van der Waals surface area contributed by atoms with Crippen LogP contribution in [0, 0.1) is 0 Å². The molecule has 6 heteroatoms. The number of nitrogens with zero attached hydrogens (tertiary/aromatic N) is 1. The summed E-state index contributed by atoms with van der Waals surface area (Å²) in [5.74, 6) is 0.900. The molecule has 0 aliphatic carbocycles. The van der Waals surface area contributed by atoms with Gasteiger partial charge in [0.1, 0.15) is 0 Å². The van der Waals surface area contributed by atoms with Crippen molar-refractivity contribution in [1.82, 2.24) is 4.98 Å². The van der Waals surface area contributed by atoms with Crippen molar-refractivity contribution in [2.45, 2.75) is 16.7 Å². The average molecular weight is 361 g/mol. The molecule has 0 aliphatic rings. The predicted molar refractivity (Wildman–Crippen MR) is 102 cm³/mol. The van der Waals surface area contributed by atoms with Gasteiger partial charge in [-0.15, -0.1) is 23.5 Å². The van der Waals surface area contributed by atoms with E-state index in [1.165, 1.54) is 16.2 Å². The van der Waals surface area contributed by atoms with Crippen LogP contribution >= 0.6 is 34.9 Å². The number of thiazole rings is 1. The molecule has 1 heterocycles. The molecule has 3 rings (SSSR count). The van der Waals surface area contributed by atoms with E-state index in [4.69, 9.17) is 0 Å². The molecule has 1 N–H and O–H groups in total. The minimum absolute atomic E-state index is 0.122. The molecule has 0 fully saturated rings. The monoisotopic (exact) mass is 360 g/mol. The summed E-state index contributed by atoms with van der Waals surface area (Å²) in [6, 6.07) is 13.8. The highest BCUT2D eigenvalue weighted by molar-refractivity contribution is 7.99. The highest BCUT2D eigenvalue weighted by Gasteiger charge is 2.11. The Labute approximate surface area is 147 Å². The van der Waals surface area contributed by atoms with E-state index in [2.05, 4.69) is 17.2 Å². The first kappa shape index (κ1) is 16.4. The Morgan fingerprint density at radius 1 is 1.22 bits per heavy atom. The summed E-state index contributed by atoms with van der Waals surface area (Å²) in [6.07, 6.45) is 2.03. The van der Waals surface area contributed by atoms with E-state index >= 15 is 0 Å². The van der Waals surface area contributed by atoms with Gasteiger partial charge in [-0.25, -0.2) is 4.98 Å². The number of nitrogens with one attached hydrogen (secondary N) is 1. The van der Waals surface area contributed by atoms with Crippen molar-refractivity contribution >= 4 is 56.1 Å². The molecule has 0 atom stereocenters. The highest BCUT2D eigenvalue weighted by atomic mass is 32.2. The van der Waals surface area contributed by atoms with Gasteiger partial charge in [0.25, 0.3) is 5.91 Å². The highest BCUT2D eigenvalue weighted by Crippen LogP contribution is 2.32. The van der Waals surface area contributed by atoms with E-state index in [1.807, 2.05) is 48.7 Å². The van der Waals surface area contributed by atoms with Crippen molar-refractivity contribution < 1.29 is 4.79 Å². The first-order valence-electron chi connectivity index (χ1n) is 7.19. The van der Waals surface area contributed by atoms with Gasteiger partial charge in [0.05, 0.1) is 10.2 Å². The van der Waals surface area contributed by atoms with Crippen LogP contribution in [0.1, 0.15) is 17.3 Å². The number of amides is 1. The van der Waals surface area contributed by atoms with Gasteiger partial charge in [0.15, 0.2) is 5.13 Å². The summed E-state index contributed by atoms with van der Waals surface area (Å²) in [6.45, 7) is 2.11. The Morgan fingerprint density at radius 2 is 2.00 bits per heavy atom. The number of thioether (sulfide) groups is 2. The Morgan fingerprint density at radius 3 is 2.70 bits per heavy atom. The lowest BCUT2D eigenvalue weighted by molar-refractivity contribution is 0.102.